The van der Waals surface area contributed by atoms with Crippen LogP contribution in [0.4, 0.5) is 11.6 Å². The predicted octanol–water partition coefficient (Wildman–Crippen LogP) is 1.21. The molecule has 0 spiro atoms. The third kappa shape index (κ3) is 1.78. The van der Waals surface area contributed by atoms with E-state index >= 15 is 0 Å². The molecule has 2 atom stereocenters. The second kappa shape index (κ2) is 3.21. The Kier molecular flexibility index (Phi) is 2.03. The average molecular weight is 194 g/mol. The average Bonchev–Trinajstić information content (AvgIpc) is 2.82. The van der Waals surface area contributed by atoms with E-state index in [-0.39, 0.29) is 5.69 Å². The van der Waals surface area contributed by atoms with Crippen LogP contribution >= 0.6 is 0 Å². The molecule has 2 unspecified atom stereocenters. The van der Waals surface area contributed by atoms with E-state index in [1.54, 1.807) is 0 Å². The van der Waals surface area contributed by atoms with E-state index in [1.807, 2.05) is 0 Å². The van der Waals surface area contributed by atoms with Crippen molar-refractivity contribution in [3.8, 4) is 0 Å². The molecule has 74 valence electrons. The van der Waals surface area contributed by atoms with Crippen LogP contribution in [0.15, 0.2) is 12.4 Å². The van der Waals surface area contributed by atoms with Gasteiger partial charge in [0, 0.05) is 6.04 Å². The second-order valence-electron chi connectivity index (χ2n) is 3.49. The monoisotopic (exact) mass is 194 g/mol. The summed E-state index contributed by atoms with van der Waals surface area (Å²) in [5.74, 6) is 1.11. The van der Waals surface area contributed by atoms with Crippen molar-refractivity contribution in [2.75, 3.05) is 5.32 Å². The van der Waals surface area contributed by atoms with Crippen molar-refractivity contribution in [2.24, 2.45) is 5.92 Å². The summed E-state index contributed by atoms with van der Waals surface area (Å²) < 4.78 is 0. The first-order chi connectivity index (χ1) is 6.66. The smallest absolute Gasteiger partial charge is 0.305 e. The molecule has 1 aliphatic rings. The van der Waals surface area contributed by atoms with Crippen LogP contribution in [0.2, 0.25) is 0 Å². The Balaban J connectivity index is 2.02. The molecule has 1 N–H and O–H groups in total. The fraction of sp³-hybridized carbons (Fsp3) is 0.500. The lowest BCUT2D eigenvalue weighted by molar-refractivity contribution is -0.385. The zero-order chi connectivity index (χ0) is 10.1. The van der Waals surface area contributed by atoms with E-state index in [4.69, 9.17) is 0 Å². The van der Waals surface area contributed by atoms with Gasteiger partial charge in [-0.25, -0.2) is 9.97 Å². The van der Waals surface area contributed by atoms with Crippen molar-refractivity contribution in [1.82, 2.24) is 9.97 Å². The van der Waals surface area contributed by atoms with Gasteiger partial charge in [-0.2, -0.15) is 0 Å². The molecule has 0 aliphatic heterocycles. The molecule has 1 heterocycles. The SMILES string of the molecule is CC1CC1Nc1ncc([N+](=O)[O-])cn1. The van der Waals surface area contributed by atoms with Gasteiger partial charge in [-0.15, -0.1) is 0 Å². The first-order valence-electron chi connectivity index (χ1n) is 4.40. The Morgan fingerprint density at radius 3 is 2.57 bits per heavy atom. The zero-order valence-electron chi connectivity index (χ0n) is 7.67. The van der Waals surface area contributed by atoms with Crippen LogP contribution in [0.3, 0.4) is 0 Å². The third-order valence-corrected chi connectivity index (χ3v) is 2.27. The Labute approximate surface area is 80.5 Å². The summed E-state index contributed by atoms with van der Waals surface area (Å²) in [6.45, 7) is 2.13. The first kappa shape index (κ1) is 8.86. The van der Waals surface area contributed by atoms with E-state index in [0.29, 0.717) is 17.9 Å². The molecule has 1 aromatic rings. The van der Waals surface area contributed by atoms with Gasteiger partial charge in [0.05, 0.1) is 4.92 Å². The van der Waals surface area contributed by atoms with Crippen LogP contribution in [0, 0.1) is 16.0 Å². The lowest BCUT2D eigenvalue weighted by Crippen LogP contribution is -2.07. The minimum Gasteiger partial charge on any atom is -0.351 e. The highest BCUT2D eigenvalue weighted by Crippen LogP contribution is 2.31. The van der Waals surface area contributed by atoms with Gasteiger partial charge in [-0.05, 0) is 12.3 Å². The highest BCUT2D eigenvalue weighted by atomic mass is 16.6. The van der Waals surface area contributed by atoms with Crippen LogP contribution in [0.25, 0.3) is 0 Å². The summed E-state index contributed by atoms with van der Waals surface area (Å²) in [6.07, 6.45) is 3.53. The predicted molar refractivity (Wildman–Crippen MR) is 49.9 cm³/mol. The summed E-state index contributed by atoms with van der Waals surface area (Å²) in [6, 6.07) is 0.427. The minimum absolute atomic E-state index is 0.0839. The molecule has 0 radical (unpaired) electrons. The molecule has 0 bridgehead atoms. The van der Waals surface area contributed by atoms with Gasteiger partial charge in [0.2, 0.25) is 5.95 Å². The van der Waals surface area contributed by atoms with Crippen molar-refractivity contribution in [2.45, 2.75) is 19.4 Å². The van der Waals surface area contributed by atoms with Crippen molar-refractivity contribution >= 4 is 11.6 Å². The molecule has 1 saturated carbocycles. The molecule has 1 aromatic heterocycles. The Morgan fingerprint density at radius 1 is 1.57 bits per heavy atom. The molecular weight excluding hydrogens is 184 g/mol. The van der Waals surface area contributed by atoms with E-state index in [2.05, 4.69) is 22.2 Å². The summed E-state index contributed by atoms with van der Waals surface area (Å²) in [5, 5.41) is 13.4. The zero-order valence-corrected chi connectivity index (χ0v) is 7.67. The molecule has 1 fully saturated rings. The number of nitro groups is 1. The maximum Gasteiger partial charge on any atom is 0.305 e. The molecule has 1 aliphatic carbocycles. The first-order valence-corrected chi connectivity index (χ1v) is 4.40. The van der Waals surface area contributed by atoms with Gasteiger partial charge in [0.15, 0.2) is 0 Å². The van der Waals surface area contributed by atoms with Crippen LogP contribution in [0.5, 0.6) is 0 Å². The quantitative estimate of drug-likeness (QED) is 0.577. The molecule has 6 nitrogen and oxygen atoms in total. The highest BCUT2D eigenvalue weighted by molar-refractivity contribution is 5.33. The fourth-order valence-electron chi connectivity index (χ4n) is 1.18. The number of rotatable bonds is 3. The van der Waals surface area contributed by atoms with Crippen molar-refractivity contribution in [3.05, 3.63) is 22.5 Å². The summed E-state index contributed by atoms with van der Waals surface area (Å²) in [4.78, 5) is 17.5. The van der Waals surface area contributed by atoms with Crippen LogP contribution in [0.1, 0.15) is 13.3 Å². The summed E-state index contributed by atoms with van der Waals surface area (Å²) in [5.41, 5.74) is -0.0839. The minimum atomic E-state index is -0.510. The van der Waals surface area contributed by atoms with Crippen LogP contribution < -0.4 is 5.32 Å². The van der Waals surface area contributed by atoms with Crippen molar-refractivity contribution in [1.29, 1.82) is 0 Å². The molecule has 2 rings (SSSR count). The van der Waals surface area contributed by atoms with Gasteiger partial charge >= 0.3 is 5.69 Å². The number of hydrogen-bond donors (Lipinski definition) is 1. The van der Waals surface area contributed by atoms with Gasteiger partial charge in [0.1, 0.15) is 12.4 Å². The maximum atomic E-state index is 10.3. The third-order valence-electron chi connectivity index (χ3n) is 2.27. The van der Waals surface area contributed by atoms with E-state index < -0.39 is 4.92 Å². The second-order valence-corrected chi connectivity index (χ2v) is 3.49. The van der Waals surface area contributed by atoms with Crippen LogP contribution in [-0.4, -0.2) is 20.9 Å². The normalized spacial score (nSPS) is 24.4. The van der Waals surface area contributed by atoms with Gasteiger partial charge in [-0.3, -0.25) is 10.1 Å². The van der Waals surface area contributed by atoms with E-state index in [9.17, 15) is 10.1 Å². The number of anilines is 1. The summed E-state index contributed by atoms with van der Waals surface area (Å²) in [7, 11) is 0. The summed E-state index contributed by atoms with van der Waals surface area (Å²) >= 11 is 0. The topological polar surface area (TPSA) is 81.0 Å². The Bertz CT molecular complexity index is 351. The van der Waals surface area contributed by atoms with Gasteiger partial charge < -0.3 is 5.32 Å². The molecule has 0 amide bonds. The number of nitrogens with zero attached hydrogens (tertiary/aromatic N) is 3. The lowest BCUT2D eigenvalue weighted by atomic mass is 10.5. The van der Waals surface area contributed by atoms with Crippen molar-refractivity contribution < 1.29 is 4.92 Å². The standard InChI is InChI=1S/C8H10N4O2/c1-5-2-7(5)11-8-9-3-6(4-10-8)12(13)14/h3-5,7H,2H2,1H3,(H,9,10,11). The fourth-order valence-corrected chi connectivity index (χ4v) is 1.18. The molecule has 14 heavy (non-hydrogen) atoms. The van der Waals surface area contributed by atoms with Crippen molar-refractivity contribution in [3.63, 3.8) is 0 Å². The Morgan fingerprint density at radius 2 is 2.14 bits per heavy atom. The van der Waals surface area contributed by atoms with E-state index in [0.717, 1.165) is 6.42 Å². The molecular formula is C8H10N4O2. The lowest BCUT2D eigenvalue weighted by Gasteiger charge is -2.00. The van der Waals surface area contributed by atoms with E-state index in [1.165, 1.54) is 12.4 Å². The molecule has 0 saturated heterocycles. The number of aromatic nitrogens is 2. The Hall–Kier alpha value is -1.72. The van der Waals surface area contributed by atoms with Gasteiger partial charge in [-0.1, -0.05) is 6.92 Å². The highest BCUT2D eigenvalue weighted by Gasteiger charge is 2.32. The number of hydrogen-bond acceptors (Lipinski definition) is 5. The van der Waals surface area contributed by atoms with Gasteiger partial charge in [0.25, 0.3) is 0 Å². The number of nitrogens with one attached hydrogen (secondary N) is 1. The largest absolute Gasteiger partial charge is 0.351 e. The maximum absolute atomic E-state index is 10.3. The molecule has 6 heteroatoms. The van der Waals surface area contributed by atoms with Crippen LogP contribution in [-0.2, 0) is 0 Å². The molecule has 0 aromatic carbocycles.